The summed E-state index contributed by atoms with van der Waals surface area (Å²) in [7, 11) is 3.12. The molecule has 0 aliphatic carbocycles. The third-order valence-corrected chi connectivity index (χ3v) is 4.50. The van der Waals surface area contributed by atoms with Gasteiger partial charge < -0.3 is 9.47 Å². The number of halogens is 1. The summed E-state index contributed by atoms with van der Waals surface area (Å²) in [6.45, 7) is 0. The summed E-state index contributed by atoms with van der Waals surface area (Å²) in [5, 5.41) is 4.67. The predicted octanol–water partition coefficient (Wildman–Crippen LogP) is 3.74. The fraction of sp³-hybridized carbons (Fsp3) is 0.222. The van der Waals surface area contributed by atoms with Gasteiger partial charge in [0, 0.05) is 16.3 Å². The molecule has 2 rings (SSSR count). The molecule has 2 aromatic carbocycles. The number of carbonyl (C=O) groups is 1. The quantitative estimate of drug-likeness (QED) is 0.561. The van der Waals surface area contributed by atoms with Crippen molar-refractivity contribution in [2.75, 3.05) is 20.0 Å². The molecule has 7 heteroatoms. The third-order valence-electron chi connectivity index (χ3n) is 3.24. The van der Waals surface area contributed by atoms with Gasteiger partial charge in [-0.15, -0.1) is 11.8 Å². The van der Waals surface area contributed by atoms with Crippen molar-refractivity contribution in [3.05, 3.63) is 58.6 Å². The van der Waals surface area contributed by atoms with Gasteiger partial charge in [-0.3, -0.25) is 4.79 Å². The maximum absolute atomic E-state index is 11.8. The zero-order chi connectivity index (χ0) is 18.1. The second-order valence-electron chi connectivity index (χ2n) is 5.00. The lowest BCUT2D eigenvalue weighted by Gasteiger charge is -2.09. The van der Waals surface area contributed by atoms with E-state index in [0.717, 1.165) is 16.9 Å². The Morgan fingerprint density at radius 2 is 1.96 bits per heavy atom. The summed E-state index contributed by atoms with van der Waals surface area (Å²) >= 11 is 7.35. The Morgan fingerprint density at radius 3 is 2.64 bits per heavy atom. The Hall–Kier alpha value is -2.18. The van der Waals surface area contributed by atoms with Crippen molar-refractivity contribution < 1.29 is 14.3 Å². The lowest BCUT2D eigenvalue weighted by atomic mass is 10.2. The van der Waals surface area contributed by atoms with E-state index in [2.05, 4.69) is 10.5 Å². The highest BCUT2D eigenvalue weighted by atomic mass is 35.5. The second kappa shape index (κ2) is 9.96. The molecule has 25 heavy (non-hydrogen) atoms. The molecule has 0 aliphatic rings. The molecule has 0 heterocycles. The highest BCUT2D eigenvalue weighted by Gasteiger charge is 2.07. The Kier molecular flexibility index (Phi) is 7.63. The molecule has 0 aromatic heterocycles. The van der Waals surface area contributed by atoms with Crippen LogP contribution in [0.5, 0.6) is 11.5 Å². The Balaban J connectivity index is 1.81. The molecule has 5 nitrogen and oxygen atoms in total. The summed E-state index contributed by atoms with van der Waals surface area (Å²) in [5.74, 6) is 2.06. The number of nitrogens with one attached hydrogen (secondary N) is 1. The molecule has 132 valence electrons. The van der Waals surface area contributed by atoms with E-state index < -0.39 is 0 Å². The van der Waals surface area contributed by atoms with E-state index >= 15 is 0 Å². The first-order chi connectivity index (χ1) is 12.1. The van der Waals surface area contributed by atoms with Crippen LogP contribution in [-0.4, -0.2) is 32.1 Å². The average Bonchev–Trinajstić information content (AvgIpc) is 2.63. The van der Waals surface area contributed by atoms with Gasteiger partial charge in [0.15, 0.2) is 11.5 Å². The highest BCUT2D eigenvalue weighted by molar-refractivity contribution is 7.99. The molecule has 1 amide bonds. The number of ether oxygens (including phenoxy) is 2. The zero-order valence-corrected chi connectivity index (χ0v) is 15.6. The maximum atomic E-state index is 11.8. The van der Waals surface area contributed by atoms with Crippen LogP contribution < -0.4 is 14.9 Å². The van der Waals surface area contributed by atoms with Gasteiger partial charge in [0.25, 0.3) is 0 Å². The third kappa shape index (κ3) is 5.99. The molecule has 0 atom stereocenters. The minimum absolute atomic E-state index is 0.169. The lowest BCUT2D eigenvalue weighted by molar-refractivity contribution is -0.118. The van der Waals surface area contributed by atoms with E-state index in [1.165, 1.54) is 18.0 Å². The van der Waals surface area contributed by atoms with Gasteiger partial charge >= 0.3 is 0 Å². The molecule has 0 bridgehead atoms. The van der Waals surface area contributed by atoms with Gasteiger partial charge in [0.1, 0.15) is 0 Å². The Bertz CT molecular complexity index is 736. The van der Waals surface area contributed by atoms with Crippen LogP contribution in [0.1, 0.15) is 11.1 Å². The number of amides is 1. The van der Waals surface area contributed by atoms with Crippen LogP contribution in [0.25, 0.3) is 0 Å². The number of thioether (sulfide) groups is 1. The van der Waals surface area contributed by atoms with Crippen molar-refractivity contribution in [1.82, 2.24) is 5.43 Å². The van der Waals surface area contributed by atoms with Crippen LogP contribution in [0.2, 0.25) is 5.02 Å². The molecule has 0 radical (unpaired) electrons. The molecule has 0 fully saturated rings. The summed E-state index contributed by atoms with van der Waals surface area (Å²) in [5.41, 5.74) is 4.34. The summed E-state index contributed by atoms with van der Waals surface area (Å²) in [6, 6.07) is 13.0. The van der Waals surface area contributed by atoms with Crippen molar-refractivity contribution in [2.24, 2.45) is 5.10 Å². The van der Waals surface area contributed by atoms with E-state index in [-0.39, 0.29) is 5.91 Å². The maximum Gasteiger partial charge on any atom is 0.250 e. The highest BCUT2D eigenvalue weighted by Crippen LogP contribution is 2.29. The standard InChI is InChI=1S/C18H19ClN2O3S/c1-23-16-5-3-4-14(18(16)24-2)10-20-21-17(22)12-25-11-13-6-8-15(19)9-7-13/h3-10H,11-12H2,1-2H3,(H,21,22)/b20-10-. The lowest BCUT2D eigenvalue weighted by Crippen LogP contribution is -2.19. The van der Waals surface area contributed by atoms with Crippen LogP contribution in [0.4, 0.5) is 0 Å². The van der Waals surface area contributed by atoms with E-state index in [1.54, 1.807) is 20.3 Å². The van der Waals surface area contributed by atoms with Crippen molar-refractivity contribution in [1.29, 1.82) is 0 Å². The van der Waals surface area contributed by atoms with E-state index in [1.807, 2.05) is 36.4 Å². The molecule has 0 aliphatic heterocycles. The number of carbonyl (C=O) groups excluding carboxylic acids is 1. The minimum Gasteiger partial charge on any atom is -0.493 e. The number of benzene rings is 2. The molecule has 2 aromatic rings. The van der Waals surface area contributed by atoms with Crippen molar-refractivity contribution in [3.8, 4) is 11.5 Å². The summed E-state index contributed by atoms with van der Waals surface area (Å²) in [6.07, 6.45) is 1.53. The fourth-order valence-electron chi connectivity index (χ4n) is 2.06. The van der Waals surface area contributed by atoms with Gasteiger partial charge in [-0.25, -0.2) is 5.43 Å². The van der Waals surface area contributed by atoms with Crippen LogP contribution in [0.15, 0.2) is 47.6 Å². The van der Waals surface area contributed by atoms with Crippen molar-refractivity contribution >= 4 is 35.5 Å². The SMILES string of the molecule is COc1cccc(/C=N\NC(=O)CSCc2ccc(Cl)cc2)c1OC. The largest absolute Gasteiger partial charge is 0.493 e. The smallest absolute Gasteiger partial charge is 0.250 e. The van der Waals surface area contributed by atoms with Crippen LogP contribution in [0.3, 0.4) is 0 Å². The van der Waals surface area contributed by atoms with Crippen LogP contribution in [0, 0.1) is 0 Å². The normalized spacial score (nSPS) is 10.7. The molecular weight excluding hydrogens is 360 g/mol. The molecule has 0 unspecified atom stereocenters. The molecular formula is C18H19ClN2O3S. The van der Waals surface area contributed by atoms with Crippen LogP contribution >= 0.6 is 23.4 Å². The van der Waals surface area contributed by atoms with Crippen LogP contribution in [-0.2, 0) is 10.5 Å². The van der Waals surface area contributed by atoms with Crippen molar-refractivity contribution in [2.45, 2.75) is 5.75 Å². The summed E-state index contributed by atoms with van der Waals surface area (Å²) < 4.78 is 10.5. The van der Waals surface area contributed by atoms with Gasteiger partial charge in [0.2, 0.25) is 5.91 Å². The first kappa shape index (κ1) is 19.1. The second-order valence-corrected chi connectivity index (χ2v) is 6.42. The summed E-state index contributed by atoms with van der Waals surface area (Å²) in [4.78, 5) is 11.8. The average molecular weight is 379 g/mol. The predicted molar refractivity (Wildman–Crippen MR) is 103 cm³/mol. The number of hydrazone groups is 1. The molecule has 1 N–H and O–H groups in total. The number of nitrogens with zero attached hydrogens (tertiary/aromatic N) is 1. The van der Waals surface area contributed by atoms with E-state index in [4.69, 9.17) is 21.1 Å². The van der Waals surface area contributed by atoms with Gasteiger partial charge in [-0.2, -0.15) is 5.10 Å². The zero-order valence-electron chi connectivity index (χ0n) is 14.0. The first-order valence-corrected chi connectivity index (χ1v) is 9.02. The number of rotatable bonds is 8. The molecule has 0 saturated carbocycles. The molecule has 0 spiro atoms. The number of hydrogen-bond donors (Lipinski definition) is 1. The van der Waals surface area contributed by atoms with E-state index in [9.17, 15) is 4.79 Å². The van der Waals surface area contributed by atoms with E-state index in [0.29, 0.717) is 22.3 Å². The topological polar surface area (TPSA) is 59.9 Å². The van der Waals surface area contributed by atoms with Crippen molar-refractivity contribution in [3.63, 3.8) is 0 Å². The fourth-order valence-corrected chi connectivity index (χ4v) is 2.97. The van der Waals surface area contributed by atoms with Gasteiger partial charge in [0.05, 0.1) is 26.2 Å². The number of methoxy groups -OCH3 is 2. The number of para-hydroxylation sites is 1. The Labute approximate surface area is 156 Å². The van der Waals surface area contributed by atoms with Gasteiger partial charge in [-0.05, 0) is 29.8 Å². The first-order valence-electron chi connectivity index (χ1n) is 7.49. The Morgan fingerprint density at radius 1 is 1.20 bits per heavy atom. The molecule has 0 saturated heterocycles. The monoisotopic (exact) mass is 378 g/mol. The number of hydrogen-bond acceptors (Lipinski definition) is 5. The van der Waals surface area contributed by atoms with Gasteiger partial charge in [-0.1, -0.05) is 29.8 Å². The minimum atomic E-state index is -0.169.